The first-order valence-electron chi connectivity index (χ1n) is 9.94. The summed E-state index contributed by atoms with van der Waals surface area (Å²) in [5.74, 6) is 0.959. The van der Waals surface area contributed by atoms with Crippen molar-refractivity contribution >= 4 is 17.5 Å². The predicted octanol–water partition coefficient (Wildman–Crippen LogP) is 0.984. The lowest BCUT2D eigenvalue weighted by molar-refractivity contribution is 0.229. The molecule has 3 aliphatic heterocycles. The van der Waals surface area contributed by atoms with Crippen LogP contribution in [-0.4, -0.2) is 82.6 Å². The molecule has 1 atom stereocenters. The van der Waals surface area contributed by atoms with Gasteiger partial charge >= 0.3 is 6.03 Å². The van der Waals surface area contributed by atoms with Crippen LogP contribution in [0.2, 0.25) is 0 Å². The Morgan fingerprint density at radius 1 is 1.11 bits per heavy atom. The molecule has 9 nitrogen and oxygen atoms in total. The molecule has 2 aromatic heterocycles. The summed E-state index contributed by atoms with van der Waals surface area (Å²) in [6.07, 6.45) is 5.78. The van der Waals surface area contributed by atoms with Gasteiger partial charge in [-0.15, -0.1) is 5.10 Å². The van der Waals surface area contributed by atoms with Crippen molar-refractivity contribution in [1.82, 2.24) is 29.8 Å². The van der Waals surface area contributed by atoms with Crippen LogP contribution in [0.15, 0.2) is 18.5 Å². The van der Waals surface area contributed by atoms with Crippen LogP contribution in [0.1, 0.15) is 23.7 Å². The molecule has 5 rings (SSSR count). The van der Waals surface area contributed by atoms with E-state index in [4.69, 9.17) is 0 Å². The van der Waals surface area contributed by atoms with Gasteiger partial charge in [0.2, 0.25) is 0 Å². The zero-order valence-electron chi connectivity index (χ0n) is 16.5. The Morgan fingerprint density at radius 2 is 2.00 bits per heavy atom. The van der Waals surface area contributed by atoms with Crippen LogP contribution < -0.4 is 9.80 Å². The Bertz CT molecular complexity index is 896. The van der Waals surface area contributed by atoms with Crippen molar-refractivity contribution in [2.45, 2.75) is 25.4 Å². The molecule has 0 N–H and O–H groups in total. The molecule has 2 fully saturated rings. The quantitative estimate of drug-likeness (QED) is 0.788. The fraction of sp³-hybridized carbons (Fsp3) is 0.579. The van der Waals surface area contributed by atoms with Gasteiger partial charge in [0.1, 0.15) is 0 Å². The fourth-order valence-corrected chi connectivity index (χ4v) is 4.33. The van der Waals surface area contributed by atoms with Gasteiger partial charge in [0.25, 0.3) is 0 Å². The van der Waals surface area contributed by atoms with Crippen molar-refractivity contribution in [3.8, 4) is 0 Å². The Morgan fingerprint density at radius 3 is 2.82 bits per heavy atom. The summed E-state index contributed by atoms with van der Waals surface area (Å²) in [6, 6.07) is 2.53. The van der Waals surface area contributed by atoms with Crippen LogP contribution in [0.3, 0.4) is 0 Å². The molecule has 28 heavy (non-hydrogen) atoms. The molecular formula is C19H26N8O. The van der Waals surface area contributed by atoms with Crippen LogP contribution in [0.5, 0.6) is 0 Å². The van der Waals surface area contributed by atoms with Crippen molar-refractivity contribution in [1.29, 1.82) is 0 Å². The predicted molar refractivity (Wildman–Crippen MR) is 106 cm³/mol. The summed E-state index contributed by atoms with van der Waals surface area (Å²) in [7, 11) is 3.98. The van der Waals surface area contributed by atoms with E-state index < -0.39 is 0 Å². The second-order valence-electron chi connectivity index (χ2n) is 8.09. The number of amides is 2. The molecule has 0 saturated carbocycles. The summed E-state index contributed by atoms with van der Waals surface area (Å²) >= 11 is 0. The normalized spacial score (nSPS) is 23.0. The molecule has 3 aliphatic rings. The van der Waals surface area contributed by atoms with Gasteiger partial charge in [0.15, 0.2) is 5.82 Å². The molecule has 2 aromatic rings. The minimum absolute atomic E-state index is 0.0434. The Labute approximate surface area is 164 Å². The summed E-state index contributed by atoms with van der Waals surface area (Å²) in [5, 5.41) is 13.5. The molecule has 0 aliphatic carbocycles. The minimum atomic E-state index is 0.0434. The minimum Gasteiger partial charge on any atom is -0.353 e. The average molecular weight is 382 g/mol. The lowest BCUT2D eigenvalue weighted by Crippen LogP contribution is -2.29. The van der Waals surface area contributed by atoms with E-state index in [-0.39, 0.29) is 12.1 Å². The van der Waals surface area contributed by atoms with Crippen LogP contribution in [0.25, 0.3) is 0 Å². The highest BCUT2D eigenvalue weighted by Gasteiger charge is 2.30. The van der Waals surface area contributed by atoms with Crippen LogP contribution in [0, 0.1) is 0 Å². The molecule has 2 saturated heterocycles. The molecule has 0 bridgehead atoms. The van der Waals surface area contributed by atoms with Gasteiger partial charge < -0.3 is 14.7 Å². The van der Waals surface area contributed by atoms with Crippen LogP contribution in [0.4, 0.5) is 16.3 Å². The van der Waals surface area contributed by atoms with Crippen LogP contribution >= 0.6 is 0 Å². The van der Waals surface area contributed by atoms with Gasteiger partial charge in [-0.05, 0) is 25.1 Å². The van der Waals surface area contributed by atoms with Gasteiger partial charge in [-0.3, -0.25) is 9.58 Å². The van der Waals surface area contributed by atoms with Crippen molar-refractivity contribution in [2.24, 2.45) is 0 Å². The third-order valence-electron chi connectivity index (χ3n) is 6.10. The van der Waals surface area contributed by atoms with Gasteiger partial charge in [-0.2, -0.15) is 10.2 Å². The first kappa shape index (κ1) is 17.4. The third-order valence-corrected chi connectivity index (χ3v) is 6.10. The fourth-order valence-electron chi connectivity index (χ4n) is 4.33. The number of hydrogen-bond acceptors (Lipinski definition) is 6. The van der Waals surface area contributed by atoms with Gasteiger partial charge in [0.05, 0.1) is 23.6 Å². The maximum Gasteiger partial charge on any atom is 0.324 e. The van der Waals surface area contributed by atoms with E-state index in [1.807, 2.05) is 17.9 Å². The number of fused-ring (bicyclic) bond motifs is 1. The van der Waals surface area contributed by atoms with E-state index in [9.17, 15) is 4.79 Å². The average Bonchev–Trinajstić information content (AvgIpc) is 3.42. The highest BCUT2D eigenvalue weighted by Crippen LogP contribution is 2.29. The summed E-state index contributed by atoms with van der Waals surface area (Å²) < 4.78 is 2.00. The number of hydrogen-bond donors (Lipinski definition) is 0. The number of aromatic nitrogens is 4. The number of carbonyl (C=O) groups excluding carboxylic acids is 1. The monoisotopic (exact) mass is 382 g/mol. The highest BCUT2D eigenvalue weighted by molar-refractivity contribution is 5.93. The number of carbonyl (C=O) groups is 1. The highest BCUT2D eigenvalue weighted by atomic mass is 16.2. The molecule has 1 unspecified atom stereocenters. The summed E-state index contributed by atoms with van der Waals surface area (Å²) in [6.45, 7) is 5.26. The molecule has 2 amide bonds. The second-order valence-corrected chi connectivity index (χ2v) is 8.09. The topological polar surface area (TPSA) is 73.6 Å². The first-order chi connectivity index (χ1) is 13.6. The maximum atomic E-state index is 12.2. The molecule has 5 heterocycles. The second kappa shape index (κ2) is 6.73. The van der Waals surface area contributed by atoms with E-state index in [0.29, 0.717) is 0 Å². The van der Waals surface area contributed by atoms with Gasteiger partial charge in [-0.25, -0.2) is 4.79 Å². The lowest BCUT2D eigenvalue weighted by Gasteiger charge is -2.25. The Balaban J connectivity index is 1.29. The number of rotatable bonds is 3. The van der Waals surface area contributed by atoms with Crippen molar-refractivity contribution in [2.75, 3.05) is 56.6 Å². The molecule has 148 valence electrons. The zero-order valence-corrected chi connectivity index (χ0v) is 16.5. The summed E-state index contributed by atoms with van der Waals surface area (Å²) in [5.41, 5.74) is 3.30. The van der Waals surface area contributed by atoms with Gasteiger partial charge in [-0.1, -0.05) is 0 Å². The van der Waals surface area contributed by atoms with E-state index >= 15 is 0 Å². The smallest absolute Gasteiger partial charge is 0.324 e. The zero-order chi connectivity index (χ0) is 19.3. The molecular weight excluding hydrogens is 356 g/mol. The van der Waals surface area contributed by atoms with E-state index in [1.54, 1.807) is 16.0 Å². The van der Waals surface area contributed by atoms with Crippen LogP contribution in [-0.2, 0) is 13.0 Å². The summed E-state index contributed by atoms with van der Waals surface area (Å²) in [4.78, 5) is 20.3. The molecule has 0 radical (unpaired) electrons. The third kappa shape index (κ3) is 2.99. The Hall–Kier alpha value is -2.68. The standard InChI is InChI=1S/C19H26N8O/c1-23-5-4-17-14(11-23)9-18(22-21-17)25-6-3-15(12-25)27-13-16(10-20-27)26-8-7-24(2)19(26)28/h9-10,13,15H,3-8,11-12H2,1-2H3. The number of nitrogens with zero attached hydrogens (tertiary/aromatic N) is 8. The molecule has 9 heteroatoms. The van der Waals surface area contributed by atoms with Crippen molar-refractivity contribution < 1.29 is 4.79 Å². The van der Waals surface area contributed by atoms with E-state index in [2.05, 4.69) is 38.2 Å². The lowest BCUT2D eigenvalue weighted by atomic mass is 10.1. The largest absolute Gasteiger partial charge is 0.353 e. The maximum absolute atomic E-state index is 12.2. The van der Waals surface area contributed by atoms with E-state index in [1.165, 1.54) is 5.56 Å². The molecule has 0 aromatic carbocycles. The number of urea groups is 1. The van der Waals surface area contributed by atoms with Gasteiger partial charge in [0, 0.05) is 58.9 Å². The van der Waals surface area contributed by atoms with Crippen molar-refractivity contribution in [3.05, 3.63) is 29.7 Å². The number of anilines is 2. The Kier molecular flexibility index (Phi) is 4.19. The molecule has 0 spiro atoms. The van der Waals surface area contributed by atoms with E-state index in [0.717, 1.165) is 69.3 Å². The van der Waals surface area contributed by atoms with Crippen molar-refractivity contribution in [3.63, 3.8) is 0 Å². The SMILES string of the molecule is CN1CCc2nnc(N3CCC(n4cc(N5CCN(C)C5=O)cn4)C3)cc2C1. The first-order valence-corrected chi connectivity index (χ1v) is 9.94. The number of likely N-dealkylation sites (N-methyl/N-ethyl adjacent to an activating group) is 2.